The van der Waals surface area contributed by atoms with Crippen LogP contribution in [0.15, 0.2) is 28.7 Å². The van der Waals surface area contributed by atoms with E-state index in [2.05, 4.69) is 15.9 Å². The lowest BCUT2D eigenvalue weighted by Gasteiger charge is -2.19. The SMILES string of the molecule is CC(O)(C(N)=O)c1ccc(Br)cc1. The summed E-state index contributed by atoms with van der Waals surface area (Å²) in [5.74, 6) is -0.755. The third-order valence-electron chi connectivity index (χ3n) is 1.89. The van der Waals surface area contributed by atoms with Crippen molar-refractivity contribution in [2.75, 3.05) is 0 Å². The smallest absolute Gasteiger partial charge is 0.253 e. The molecule has 0 heterocycles. The summed E-state index contributed by atoms with van der Waals surface area (Å²) in [6.07, 6.45) is 0. The van der Waals surface area contributed by atoms with Gasteiger partial charge in [0, 0.05) is 4.47 Å². The molecule has 0 bridgehead atoms. The van der Waals surface area contributed by atoms with Crippen molar-refractivity contribution in [2.45, 2.75) is 12.5 Å². The lowest BCUT2D eigenvalue weighted by molar-refractivity contribution is -0.135. The van der Waals surface area contributed by atoms with Crippen molar-refractivity contribution < 1.29 is 9.90 Å². The fraction of sp³-hybridized carbons (Fsp3) is 0.222. The largest absolute Gasteiger partial charge is 0.376 e. The van der Waals surface area contributed by atoms with Gasteiger partial charge >= 0.3 is 0 Å². The van der Waals surface area contributed by atoms with Crippen molar-refractivity contribution in [1.82, 2.24) is 0 Å². The molecule has 0 aliphatic rings. The number of hydrogen-bond acceptors (Lipinski definition) is 2. The molecule has 3 N–H and O–H groups in total. The van der Waals surface area contributed by atoms with Gasteiger partial charge in [0.1, 0.15) is 0 Å². The number of carbonyl (C=O) groups is 1. The second-order valence-corrected chi connectivity index (χ2v) is 3.86. The first-order chi connectivity index (χ1) is 5.94. The second kappa shape index (κ2) is 3.47. The number of nitrogens with two attached hydrogens (primary N) is 1. The van der Waals surface area contributed by atoms with Gasteiger partial charge in [-0.2, -0.15) is 0 Å². The van der Waals surface area contributed by atoms with Crippen LogP contribution in [0.4, 0.5) is 0 Å². The van der Waals surface area contributed by atoms with Gasteiger partial charge in [-0.05, 0) is 24.6 Å². The topological polar surface area (TPSA) is 63.3 Å². The van der Waals surface area contributed by atoms with E-state index in [1.165, 1.54) is 6.92 Å². The van der Waals surface area contributed by atoms with E-state index in [0.29, 0.717) is 5.56 Å². The fourth-order valence-corrected chi connectivity index (χ4v) is 1.18. The highest BCUT2D eigenvalue weighted by molar-refractivity contribution is 9.10. The Morgan fingerprint density at radius 3 is 2.31 bits per heavy atom. The van der Waals surface area contributed by atoms with Crippen LogP contribution >= 0.6 is 15.9 Å². The molecule has 13 heavy (non-hydrogen) atoms. The van der Waals surface area contributed by atoms with E-state index >= 15 is 0 Å². The minimum absolute atomic E-state index is 0.489. The van der Waals surface area contributed by atoms with Crippen molar-refractivity contribution in [3.05, 3.63) is 34.3 Å². The molecule has 1 amide bonds. The molecule has 0 spiro atoms. The summed E-state index contributed by atoms with van der Waals surface area (Å²) >= 11 is 3.25. The van der Waals surface area contributed by atoms with E-state index in [-0.39, 0.29) is 0 Å². The first-order valence-corrected chi connectivity index (χ1v) is 4.52. The van der Waals surface area contributed by atoms with Gasteiger partial charge < -0.3 is 10.8 Å². The number of aliphatic hydroxyl groups is 1. The third-order valence-corrected chi connectivity index (χ3v) is 2.41. The van der Waals surface area contributed by atoms with E-state index in [0.717, 1.165) is 4.47 Å². The fourth-order valence-electron chi connectivity index (χ4n) is 0.917. The summed E-state index contributed by atoms with van der Waals surface area (Å²) in [4.78, 5) is 10.9. The van der Waals surface area contributed by atoms with Crippen molar-refractivity contribution in [3.63, 3.8) is 0 Å². The summed E-state index contributed by atoms with van der Waals surface area (Å²) < 4.78 is 0.886. The molecule has 1 rings (SSSR count). The Morgan fingerprint density at radius 1 is 1.46 bits per heavy atom. The van der Waals surface area contributed by atoms with Gasteiger partial charge in [0.05, 0.1) is 0 Å². The van der Waals surface area contributed by atoms with Gasteiger partial charge in [-0.3, -0.25) is 4.79 Å². The van der Waals surface area contributed by atoms with Gasteiger partial charge in [0.25, 0.3) is 5.91 Å². The number of amides is 1. The van der Waals surface area contributed by atoms with Gasteiger partial charge in [-0.15, -0.1) is 0 Å². The Morgan fingerprint density at radius 2 is 1.92 bits per heavy atom. The molecule has 0 aliphatic heterocycles. The van der Waals surface area contributed by atoms with Gasteiger partial charge in [0.15, 0.2) is 5.60 Å². The van der Waals surface area contributed by atoms with Crippen LogP contribution in [0.3, 0.4) is 0 Å². The van der Waals surface area contributed by atoms with Gasteiger partial charge in [-0.25, -0.2) is 0 Å². The quantitative estimate of drug-likeness (QED) is 0.819. The first-order valence-electron chi connectivity index (χ1n) is 3.73. The number of rotatable bonds is 2. The third kappa shape index (κ3) is 2.08. The van der Waals surface area contributed by atoms with Crippen molar-refractivity contribution in [3.8, 4) is 0 Å². The predicted molar refractivity (Wildman–Crippen MR) is 52.9 cm³/mol. The monoisotopic (exact) mass is 243 g/mol. The van der Waals surface area contributed by atoms with Crippen LogP contribution in [0.1, 0.15) is 12.5 Å². The molecule has 1 aromatic rings. The lowest BCUT2D eigenvalue weighted by Crippen LogP contribution is -2.38. The molecule has 0 saturated carbocycles. The highest BCUT2D eigenvalue weighted by Crippen LogP contribution is 2.21. The average molecular weight is 244 g/mol. The molecule has 4 heteroatoms. The number of benzene rings is 1. The Balaban J connectivity index is 3.08. The number of carbonyl (C=O) groups excluding carboxylic acids is 1. The summed E-state index contributed by atoms with van der Waals surface area (Å²) in [7, 11) is 0. The molecule has 1 atom stereocenters. The van der Waals surface area contributed by atoms with Gasteiger partial charge in [-0.1, -0.05) is 28.1 Å². The minimum Gasteiger partial charge on any atom is -0.376 e. The number of halogens is 1. The van der Waals surface area contributed by atoms with Crippen LogP contribution in [-0.4, -0.2) is 11.0 Å². The Labute approximate surface area is 84.7 Å². The molecule has 3 nitrogen and oxygen atoms in total. The standard InChI is InChI=1S/C9H10BrNO2/c1-9(13,8(11)12)6-2-4-7(10)5-3-6/h2-5,13H,1H3,(H2,11,12). The molecule has 1 aromatic carbocycles. The summed E-state index contributed by atoms with van der Waals surface area (Å²) in [6, 6.07) is 6.78. The maximum Gasteiger partial charge on any atom is 0.253 e. The highest BCUT2D eigenvalue weighted by Gasteiger charge is 2.29. The van der Waals surface area contributed by atoms with E-state index in [4.69, 9.17) is 5.73 Å². The minimum atomic E-state index is -1.60. The molecule has 0 saturated heterocycles. The second-order valence-electron chi connectivity index (χ2n) is 2.94. The van der Waals surface area contributed by atoms with E-state index < -0.39 is 11.5 Å². The molecular weight excluding hydrogens is 234 g/mol. The number of hydrogen-bond donors (Lipinski definition) is 2. The zero-order chi connectivity index (χ0) is 10.1. The summed E-state index contributed by atoms with van der Waals surface area (Å²) in [5, 5.41) is 9.66. The molecule has 0 fully saturated rings. The van der Waals surface area contributed by atoms with Crippen LogP contribution in [0.25, 0.3) is 0 Å². The zero-order valence-corrected chi connectivity index (χ0v) is 8.71. The van der Waals surface area contributed by atoms with Crippen molar-refractivity contribution in [2.24, 2.45) is 5.73 Å². The first kappa shape index (κ1) is 10.2. The Kier molecular flexibility index (Phi) is 2.73. The Hall–Kier alpha value is -0.870. The van der Waals surface area contributed by atoms with Crippen LogP contribution in [0.5, 0.6) is 0 Å². The van der Waals surface area contributed by atoms with Crippen molar-refractivity contribution in [1.29, 1.82) is 0 Å². The molecule has 1 unspecified atom stereocenters. The summed E-state index contributed by atoms with van der Waals surface area (Å²) in [5.41, 5.74) is 3.93. The lowest BCUT2D eigenvalue weighted by atomic mass is 9.96. The normalized spacial score (nSPS) is 15.0. The Bertz CT molecular complexity index is 319. The highest BCUT2D eigenvalue weighted by atomic mass is 79.9. The molecule has 0 aromatic heterocycles. The molecule has 70 valence electrons. The number of primary amides is 1. The van der Waals surface area contributed by atoms with Gasteiger partial charge in [0.2, 0.25) is 0 Å². The molecule has 0 aliphatic carbocycles. The van der Waals surface area contributed by atoms with Crippen LogP contribution in [0, 0.1) is 0 Å². The van der Waals surface area contributed by atoms with E-state index in [1.54, 1.807) is 24.3 Å². The average Bonchev–Trinajstić information content (AvgIpc) is 2.04. The van der Waals surface area contributed by atoms with Crippen LogP contribution in [-0.2, 0) is 10.4 Å². The van der Waals surface area contributed by atoms with E-state index in [9.17, 15) is 9.90 Å². The van der Waals surface area contributed by atoms with Crippen LogP contribution in [0.2, 0.25) is 0 Å². The van der Waals surface area contributed by atoms with E-state index in [1.807, 2.05) is 0 Å². The maximum atomic E-state index is 10.9. The van der Waals surface area contributed by atoms with Crippen molar-refractivity contribution >= 4 is 21.8 Å². The zero-order valence-electron chi connectivity index (χ0n) is 7.12. The van der Waals surface area contributed by atoms with Crippen LogP contribution < -0.4 is 5.73 Å². The summed E-state index contributed by atoms with van der Waals surface area (Å²) in [6.45, 7) is 1.37. The molecule has 0 radical (unpaired) electrons. The molecular formula is C9H10BrNO2. The predicted octanol–water partition coefficient (Wildman–Crippen LogP) is 1.14. The maximum absolute atomic E-state index is 10.9.